The lowest BCUT2D eigenvalue weighted by molar-refractivity contribution is 0.0729. The third-order valence-electron chi connectivity index (χ3n) is 3.62. The summed E-state index contributed by atoms with van der Waals surface area (Å²) in [6.45, 7) is 4.24. The van der Waals surface area contributed by atoms with Crippen molar-refractivity contribution in [1.82, 2.24) is 0 Å². The number of carbonyl (C=O) groups excluding carboxylic acids is 1. The van der Waals surface area contributed by atoms with Gasteiger partial charge in [0.05, 0.1) is 13.2 Å². The molecule has 128 valence electrons. The summed E-state index contributed by atoms with van der Waals surface area (Å²) in [6, 6.07) is 10.6. The molecule has 0 atom stereocenters. The molecule has 0 fully saturated rings. The predicted octanol–water partition coefficient (Wildman–Crippen LogP) is 4.65. The Hall–Kier alpha value is -1.85. The van der Waals surface area contributed by atoms with E-state index >= 15 is 0 Å². The first-order valence-electron chi connectivity index (χ1n) is 7.91. The largest absolute Gasteiger partial charge is 0.493 e. The number of aliphatic hydroxyl groups is 1. The number of carbonyl (C=O) groups is 1. The number of esters is 1. The molecule has 0 radical (unpaired) electrons. The Morgan fingerprint density at radius 1 is 1.25 bits per heavy atom. The van der Waals surface area contributed by atoms with Crippen LogP contribution in [0.3, 0.4) is 0 Å². The zero-order valence-electron chi connectivity index (χ0n) is 13.8. The molecule has 0 spiro atoms. The Morgan fingerprint density at radius 2 is 1.96 bits per heavy atom. The minimum atomic E-state index is -0.476. The van der Waals surface area contributed by atoms with Gasteiger partial charge in [0, 0.05) is 4.47 Å². The zero-order chi connectivity index (χ0) is 17.5. The van der Waals surface area contributed by atoms with E-state index in [9.17, 15) is 9.90 Å². The van der Waals surface area contributed by atoms with Crippen LogP contribution in [0.15, 0.2) is 40.9 Å². The minimum absolute atomic E-state index is 0.139. The van der Waals surface area contributed by atoms with Crippen molar-refractivity contribution in [2.24, 2.45) is 0 Å². The van der Waals surface area contributed by atoms with Gasteiger partial charge in [-0.1, -0.05) is 47.5 Å². The first-order valence-corrected chi connectivity index (χ1v) is 8.70. The van der Waals surface area contributed by atoms with Gasteiger partial charge in [-0.25, -0.2) is 4.79 Å². The maximum Gasteiger partial charge on any atom is 0.347 e. The molecule has 4 nitrogen and oxygen atoms in total. The van der Waals surface area contributed by atoms with Crippen LogP contribution >= 0.6 is 15.9 Å². The van der Waals surface area contributed by atoms with Gasteiger partial charge in [0.2, 0.25) is 0 Å². The highest BCUT2D eigenvalue weighted by molar-refractivity contribution is 9.10. The van der Waals surface area contributed by atoms with Gasteiger partial charge < -0.3 is 14.6 Å². The fourth-order valence-electron chi connectivity index (χ4n) is 2.28. The van der Waals surface area contributed by atoms with Gasteiger partial charge in [0.25, 0.3) is 0 Å². The second-order valence-corrected chi connectivity index (χ2v) is 6.20. The molecule has 5 heteroatoms. The van der Waals surface area contributed by atoms with Crippen LogP contribution in [0.1, 0.15) is 41.3 Å². The molecule has 0 aliphatic carbocycles. The predicted molar refractivity (Wildman–Crippen MR) is 96.6 cm³/mol. The van der Waals surface area contributed by atoms with E-state index in [1.807, 2.05) is 6.07 Å². The van der Waals surface area contributed by atoms with Gasteiger partial charge in [0.15, 0.2) is 0 Å². The molecule has 0 bridgehead atoms. The van der Waals surface area contributed by atoms with Crippen molar-refractivity contribution in [3.05, 3.63) is 57.6 Å². The summed E-state index contributed by atoms with van der Waals surface area (Å²) in [5.74, 6) is 0.438. The summed E-state index contributed by atoms with van der Waals surface area (Å²) in [5.41, 5.74) is 1.74. The van der Waals surface area contributed by atoms with E-state index in [2.05, 4.69) is 22.9 Å². The highest BCUT2D eigenvalue weighted by Gasteiger charge is 2.22. The smallest absolute Gasteiger partial charge is 0.347 e. The monoisotopic (exact) mass is 392 g/mol. The van der Waals surface area contributed by atoms with Crippen molar-refractivity contribution < 1.29 is 19.4 Å². The summed E-state index contributed by atoms with van der Waals surface area (Å²) in [5, 5.41) is 9.50. The van der Waals surface area contributed by atoms with Gasteiger partial charge in [-0.2, -0.15) is 0 Å². The lowest BCUT2D eigenvalue weighted by Crippen LogP contribution is -2.14. The van der Waals surface area contributed by atoms with Crippen LogP contribution in [-0.2, 0) is 6.61 Å². The van der Waals surface area contributed by atoms with Crippen molar-refractivity contribution in [1.29, 1.82) is 0 Å². The van der Waals surface area contributed by atoms with Crippen molar-refractivity contribution in [2.75, 3.05) is 6.61 Å². The molecule has 2 rings (SSSR count). The summed E-state index contributed by atoms with van der Waals surface area (Å²) in [6.07, 6.45) is 1.88. The van der Waals surface area contributed by atoms with E-state index in [4.69, 9.17) is 9.47 Å². The highest BCUT2D eigenvalue weighted by atomic mass is 79.9. The maximum atomic E-state index is 12.7. The molecule has 0 aliphatic rings. The summed E-state index contributed by atoms with van der Waals surface area (Å²) in [4.78, 5) is 12.7. The average Bonchev–Trinajstić information content (AvgIpc) is 2.59. The number of rotatable bonds is 7. The normalized spacial score (nSPS) is 10.5. The van der Waals surface area contributed by atoms with Crippen molar-refractivity contribution in [3.8, 4) is 11.5 Å². The van der Waals surface area contributed by atoms with E-state index in [0.29, 0.717) is 39.3 Å². The third-order valence-corrected chi connectivity index (χ3v) is 4.73. The highest BCUT2D eigenvalue weighted by Crippen LogP contribution is 2.33. The Labute approximate surface area is 150 Å². The topological polar surface area (TPSA) is 55.8 Å². The lowest BCUT2D eigenvalue weighted by Gasteiger charge is -2.16. The number of benzene rings is 2. The van der Waals surface area contributed by atoms with Gasteiger partial charge in [-0.05, 0) is 42.7 Å². The van der Waals surface area contributed by atoms with Crippen molar-refractivity contribution in [2.45, 2.75) is 33.3 Å². The number of aliphatic hydroxyl groups excluding tert-OH is 1. The Balaban J connectivity index is 2.37. The van der Waals surface area contributed by atoms with Crippen LogP contribution in [0.2, 0.25) is 0 Å². The summed E-state index contributed by atoms with van der Waals surface area (Å²) >= 11 is 3.44. The van der Waals surface area contributed by atoms with Crippen LogP contribution in [0, 0.1) is 6.92 Å². The Kier molecular flexibility index (Phi) is 6.82. The SMILES string of the molecule is CCCCOc1cc(CO)c(Br)c(C)c1C(=O)Oc1ccccc1. The molecule has 2 aromatic rings. The number of hydrogen-bond acceptors (Lipinski definition) is 4. The first-order chi connectivity index (χ1) is 11.6. The van der Waals surface area contributed by atoms with Crippen molar-refractivity contribution in [3.63, 3.8) is 0 Å². The third kappa shape index (κ3) is 4.36. The number of hydrogen-bond donors (Lipinski definition) is 1. The Bertz CT molecular complexity index is 698. The average molecular weight is 393 g/mol. The molecule has 0 heterocycles. The van der Waals surface area contributed by atoms with Gasteiger partial charge in [-0.3, -0.25) is 0 Å². The van der Waals surface area contributed by atoms with Crippen LogP contribution in [0.25, 0.3) is 0 Å². The molecule has 24 heavy (non-hydrogen) atoms. The van der Waals surface area contributed by atoms with Crippen LogP contribution in [0.4, 0.5) is 0 Å². The second kappa shape index (κ2) is 8.85. The Morgan fingerprint density at radius 3 is 2.58 bits per heavy atom. The molecule has 0 saturated heterocycles. The van der Waals surface area contributed by atoms with E-state index in [-0.39, 0.29) is 6.61 Å². The first kappa shape index (κ1) is 18.5. The van der Waals surface area contributed by atoms with Gasteiger partial charge >= 0.3 is 5.97 Å². The molecule has 0 unspecified atom stereocenters. The lowest BCUT2D eigenvalue weighted by atomic mass is 10.0. The summed E-state index contributed by atoms with van der Waals surface area (Å²) in [7, 11) is 0. The van der Waals surface area contributed by atoms with Crippen LogP contribution in [0.5, 0.6) is 11.5 Å². The number of unbranched alkanes of at least 4 members (excludes halogenated alkanes) is 1. The zero-order valence-corrected chi connectivity index (χ0v) is 15.4. The number of halogens is 1. The van der Waals surface area contributed by atoms with E-state index < -0.39 is 5.97 Å². The second-order valence-electron chi connectivity index (χ2n) is 5.41. The van der Waals surface area contributed by atoms with Crippen LogP contribution < -0.4 is 9.47 Å². The van der Waals surface area contributed by atoms with E-state index in [0.717, 1.165) is 12.8 Å². The number of para-hydroxylation sites is 1. The molecule has 0 aromatic heterocycles. The quantitative estimate of drug-likeness (QED) is 0.423. The van der Waals surface area contributed by atoms with E-state index in [1.54, 1.807) is 37.3 Å². The maximum absolute atomic E-state index is 12.7. The van der Waals surface area contributed by atoms with Crippen molar-refractivity contribution >= 4 is 21.9 Å². The minimum Gasteiger partial charge on any atom is -0.493 e. The van der Waals surface area contributed by atoms with Gasteiger partial charge in [-0.15, -0.1) is 0 Å². The molecule has 0 saturated carbocycles. The fraction of sp³-hybridized carbons (Fsp3) is 0.316. The number of ether oxygens (including phenoxy) is 2. The molecular weight excluding hydrogens is 372 g/mol. The van der Waals surface area contributed by atoms with E-state index in [1.165, 1.54) is 0 Å². The summed E-state index contributed by atoms with van der Waals surface area (Å²) < 4.78 is 11.9. The molecule has 0 amide bonds. The molecule has 1 N–H and O–H groups in total. The molecule has 0 aliphatic heterocycles. The molecular formula is C19H21BrO4. The van der Waals surface area contributed by atoms with Gasteiger partial charge in [0.1, 0.15) is 17.1 Å². The van der Waals surface area contributed by atoms with Crippen LogP contribution in [-0.4, -0.2) is 17.7 Å². The fourth-order valence-corrected chi connectivity index (χ4v) is 2.72. The molecule has 2 aromatic carbocycles. The standard InChI is InChI=1S/C19H21BrO4/c1-3-4-10-23-16-11-14(12-21)18(20)13(2)17(16)19(22)24-15-8-6-5-7-9-15/h5-9,11,21H,3-4,10,12H2,1-2H3.